The molecule has 1 N–H and O–H groups in total. The molecule has 2 aromatic rings. The Hall–Kier alpha value is -3.17. The molecule has 1 atom stereocenters. The van der Waals surface area contributed by atoms with Gasteiger partial charge in [0.15, 0.2) is 5.92 Å². The van der Waals surface area contributed by atoms with Crippen molar-refractivity contribution in [1.29, 1.82) is 5.26 Å². The molecule has 6 heteroatoms. The van der Waals surface area contributed by atoms with Crippen LogP contribution in [0.25, 0.3) is 0 Å². The largest absolute Gasteiger partial charge is 0.340 e. The van der Waals surface area contributed by atoms with Crippen LogP contribution in [-0.2, 0) is 4.79 Å². The molecule has 5 rings (SSSR count). The number of piperazine rings is 1. The van der Waals surface area contributed by atoms with Crippen LogP contribution in [0.15, 0.2) is 65.7 Å². The highest BCUT2D eigenvalue weighted by Crippen LogP contribution is 2.42. The molecule has 0 aromatic heterocycles. The van der Waals surface area contributed by atoms with Gasteiger partial charge in [0.1, 0.15) is 0 Å². The maximum absolute atomic E-state index is 12.9. The lowest BCUT2D eigenvalue weighted by molar-refractivity contribution is -0.125. The molecule has 3 aliphatic rings. The third-order valence-electron chi connectivity index (χ3n) is 7.84. The second kappa shape index (κ2) is 9.60. The number of nitrogens with one attached hydrogen (secondary N) is 1. The van der Waals surface area contributed by atoms with Crippen LogP contribution >= 0.6 is 0 Å². The average molecular weight is 456 g/mol. The minimum Gasteiger partial charge on any atom is -0.340 e. The lowest BCUT2D eigenvalue weighted by Crippen LogP contribution is -2.61. The summed E-state index contributed by atoms with van der Waals surface area (Å²) in [5, 5.41) is 12.7. The number of guanidine groups is 1. The van der Waals surface area contributed by atoms with Crippen molar-refractivity contribution >= 4 is 11.9 Å². The van der Waals surface area contributed by atoms with Crippen molar-refractivity contribution in [2.45, 2.75) is 44.2 Å². The van der Waals surface area contributed by atoms with Gasteiger partial charge in [-0.1, -0.05) is 67.6 Å². The number of nitrogens with zero attached hydrogens (tertiary/aromatic N) is 4. The fourth-order valence-corrected chi connectivity index (χ4v) is 5.80. The number of nitriles is 1. The smallest absolute Gasteiger partial charge is 0.246 e. The fourth-order valence-electron chi connectivity index (χ4n) is 5.80. The van der Waals surface area contributed by atoms with E-state index in [0.717, 1.165) is 51.9 Å². The van der Waals surface area contributed by atoms with Gasteiger partial charge in [0.2, 0.25) is 11.9 Å². The monoisotopic (exact) mass is 455 g/mol. The predicted octanol–water partition coefficient (Wildman–Crippen LogP) is 3.97. The Morgan fingerprint density at radius 2 is 1.53 bits per heavy atom. The molecule has 2 heterocycles. The van der Waals surface area contributed by atoms with Gasteiger partial charge < -0.3 is 4.90 Å². The molecule has 2 fully saturated rings. The Labute approximate surface area is 202 Å². The zero-order valence-electron chi connectivity index (χ0n) is 19.9. The number of carbonyl (C=O) groups excluding carboxylic acids is 1. The number of aliphatic imine (C=N–C) groups is 1. The van der Waals surface area contributed by atoms with Crippen molar-refractivity contribution < 1.29 is 4.79 Å². The molecule has 1 aliphatic carbocycles. The third-order valence-corrected chi connectivity index (χ3v) is 7.84. The molecule has 2 aliphatic heterocycles. The summed E-state index contributed by atoms with van der Waals surface area (Å²) in [7, 11) is 0. The molecule has 1 saturated carbocycles. The van der Waals surface area contributed by atoms with Gasteiger partial charge in [-0.05, 0) is 42.7 Å². The summed E-state index contributed by atoms with van der Waals surface area (Å²) in [4.78, 5) is 22.7. The Kier molecular flexibility index (Phi) is 6.38. The van der Waals surface area contributed by atoms with E-state index in [1.165, 1.54) is 11.1 Å². The van der Waals surface area contributed by atoms with Crippen molar-refractivity contribution in [3.05, 3.63) is 71.8 Å². The zero-order valence-corrected chi connectivity index (χ0v) is 19.9. The van der Waals surface area contributed by atoms with E-state index >= 15 is 0 Å². The van der Waals surface area contributed by atoms with Crippen molar-refractivity contribution in [3.63, 3.8) is 0 Å². The molecule has 0 radical (unpaired) electrons. The highest BCUT2D eigenvalue weighted by atomic mass is 16.2. The normalized spacial score (nSPS) is 27.9. The summed E-state index contributed by atoms with van der Waals surface area (Å²) in [6, 6.07) is 23.8. The van der Waals surface area contributed by atoms with Crippen molar-refractivity contribution in [3.8, 4) is 6.07 Å². The Bertz CT molecular complexity index is 1020. The summed E-state index contributed by atoms with van der Waals surface area (Å²) < 4.78 is 0. The van der Waals surface area contributed by atoms with Crippen LogP contribution in [0.4, 0.5) is 0 Å². The lowest BCUT2D eigenvalue weighted by Gasteiger charge is -2.45. The van der Waals surface area contributed by atoms with Gasteiger partial charge in [-0.2, -0.15) is 5.26 Å². The minimum atomic E-state index is -0.689. The summed E-state index contributed by atoms with van der Waals surface area (Å²) in [6.45, 7) is 5.57. The van der Waals surface area contributed by atoms with Crippen LogP contribution in [0.2, 0.25) is 0 Å². The molecule has 2 aromatic carbocycles. The SMILES string of the molecule is CC1CCC2(CC1)N=C(N1CCN(C(c3ccccc3)c3ccccc3)CC1)NC(=O)[C@@H]2C#N. The van der Waals surface area contributed by atoms with Crippen molar-refractivity contribution in [1.82, 2.24) is 15.1 Å². The molecule has 6 nitrogen and oxygen atoms in total. The molecule has 34 heavy (non-hydrogen) atoms. The van der Waals surface area contributed by atoms with E-state index in [2.05, 4.69) is 88.8 Å². The summed E-state index contributed by atoms with van der Waals surface area (Å²) in [5.41, 5.74) is 2.02. The number of rotatable bonds is 3. The second-order valence-electron chi connectivity index (χ2n) is 10.0. The number of hydrogen-bond donors (Lipinski definition) is 1. The van der Waals surface area contributed by atoms with E-state index in [-0.39, 0.29) is 11.9 Å². The summed E-state index contributed by atoms with van der Waals surface area (Å²) >= 11 is 0. The van der Waals surface area contributed by atoms with Gasteiger partial charge in [0.25, 0.3) is 0 Å². The molecule has 1 amide bonds. The molecule has 1 saturated heterocycles. The van der Waals surface area contributed by atoms with Crippen LogP contribution in [0.3, 0.4) is 0 Å². The van der Waals surface area contributed by atoms with Gasteiger partial charge in [0, 0.05) is 26.2 Å². The molecule has 176 valence electrons. The standard InChI is InChI=1S/C28H33N5O/c1-21-12-14-28(15-13-21)24(20-29)26(34)30-27(31-28)33-18-16-32(17-19-33)25(22-8-4-2-5-9-22)23-10-6-3-7-11-23/h2-11,21,24-25H,12-19H2,1H3,(H,30,31,34)/t21?,24-,28?/m0/s1. The Balaban J connectivity index is 1.35. The number of carbonyl (C=O) groups is 1. The predicted molar refractivity (Wildman–Crippen MR) is 133 cm³/mol. The van der Waals surface area contributed by atoms with E-state index in [0.29, 0.717) is 11.9 Å². The number of amides is 1. The zero-order chi connectivity index (χ0) is 23.5. The first-order chi connectivity index (χ1) is 16.6. The number of benzene rings is 2. The fraction of sp³-hybridized carbons (Fsp3) is 0.464. The van der Waals surface area contributed by atoms with Gasteiger partial charge in [0.05, 0.1) is 17.6 Å². The van der Waals surface area contributed by atoms with E-state index in [1.807, 2.05) is 0 Å². The maximum Gasteiger partial charge on any atom is 0.246 e. The van der Waals surface area contributed by atoms with E-state index in [4.69, 9.17) is 4.99 Å². The molecule has 1 spiro atoms. The van der Waals surface area contributed by atoms with E-state index < -0.39 is 11.5 Å². The number of hydrogen-bond acceptors (Lipinski definition) is 5. The van der Waals surface area contributed by atoms with Gasteiger partial charge in [-0.15, -0.1) is 0 Å². The van der Waals surface area contributed by atoms with Gasteiger partial charge in [-0.25, -0.2) is 4.99 Å². The highest BCUT2D eigenvalue weighted by molar-refractivity contribution is 6.02. The lowest BCUT2D eigenvalue weighted by atomic mass is 9.70. The molecular formula is C28H33N5O. The Morgan fingerprint density at radius 1 is 0.971 bits per heavy atom. The second-order valence-corrected chi connectivity index (χ2v) is 10.0. The van der Waals surface area contributed by atoms with E-state index in [9.17, 15) is 10.1 Å². The topological polar surface area (TPSA) is 71.7 Å². The van der Waals surface area contributed by atoms with Crippen LogP contribution in [0, 0.1) is 23.2 Å². The third kappa shape index (κ3) is 4.33. The molecular weight excluding hydrogens is 422 g/mol. The Morgan fingerprint density at radius 3 is 2.06 bits per heavy atom. The van der Waals surface area contributed by atoms with Crippen molar-refractivity contribution in [2.24, 2.45) is 16.8 Å². The maximum atomic E-state index is 12.9. The van der Waals surface area contributed by atoms with Gasteiger partial charge >= 0.3 is 0 Å². The first-order valence-corrected chi connectivity index (χ1v) is 12.5. The highest BCUT2D eigenvalue weighted by Gasteiger charge is 2.49. The average Bonchev–Trinajstić information content (AvgIpc) is 2.88. The first-order valence-electron chi connectivity index (χ1n) is 12.5. The van der Waals surface area contributed by atoms with Crippen LogP contribution < -0.4 is 5.32 Å². The first kappa shape index (κ1) is 22.6. The van der Waals surface area contributed by atoms with Crippen LogP contribution in [-0.4, -0.2) is 53.4 Å². The minimum absolute atomic E-state index is 0.184. The van der Waals surface area contributed by atoms with Crippen LogP contribution in [0.1, 0.15) is 49.8 Å². The molecule has 0 unspecified atom stereocenters. The summed E-state index contributed by atoms with van der Waals surface area (Å²) in [6.07, 6.45) is 3.67. The van der Waals surface area contributed by atoms with E-state index in [1.54, 1.807) is 0 Å². The quantitative estimate of drug-likeness (QED) is 0.760. The molecule has 0 bridgehead atoms. The summed E-state index contributed by atoms with van der Waals surface area (Å²) in [5.74, 6) is 0.424. The van der Waals surface area contributed by atoms with Crippen molar-refractivity contribution in [2.75, 3.05) is 26.2 Å². The van der Waals surface area contributed by atoms with Gasteiger partial charge in [-0.3, -0.25) is 15.0 Å². The van der Waals surface area contributed by atoms with Crippen LogP contribution in [0.5, 0.6) is 0 Å².